The highest BCUT2D eigenvalue weighted by atomic mass is 32.1. The summed E-state index contributed by atoms with van der Waals surface area (Å²) in [6, 6.07) is 4.19. The van der Waals surface area contributed by atoms with E-state index in [1.54, 1.807) is 17.5 Å². The smallest absolute Gasteiger partial charge is 0.245 e. The van der Waals surface area contributed by atoms with E-state index in [9.17, 15) is 5.11 Å². The van der Waals surface area contributed by atoms with E-state index in [1.165, 1.54) is 9.75 Å². The largest absolute Gasteiger partial charge is 0.473 e. The maximum Gasteiger partial charge on any atom is 0.245 e. The average Bonchev–Trinajstić information content (AvgIpc) is 2.98. The second-order valence-corrected chi connectivity index (χ2v) is 5.78. The molecule has 0 fully saturated rings. The second-order valence-electron chi connectivity index (χ2n) is 3.85. The topological polar surface area (TPSA) is 67.3 Å². The zero-order valence-corrected chi connectivity index (χ0v) is 11.6. The SMILES string of the molecule is Cc1ccc(CNCC(O)COc2cnsn2)s1. The quantitative estimate of drug-likeness (QED) is 0.805. The number of aromatic nitrogens is 2. The van der Waals surface area contributed by atoms with Crippen molar-refractivity contribution >= 4 is 23.1 Å². The maximum absolute atomic E-state index is 9.70. The van der Waals surface area contributed by atoms with Crippen LogP contribution in [0.15, 0.2) is 18.3 Å². The van der Waals surface area contributed by atoms with E-state index in [0.29, 0.717) is 12.4 Å². The van der Waals surface area contributed by atoms with Crippen molar-refractivity contribution in [1.29, 1.82) is 0 Å². The van der Waals surface area contributed by atoms with Crippen molar-refractivity contribution < 1.29 is 9.84 Å². The van der Waals surface area contributed by atoms with Gasteiger partial charge in [-0.3, -0.25) is 0 Å². The molecule has 0 radical (unpaired) electrons. The van der Waals surface area contributed by atoms with Crippen LogP contribution in [0.2, 0.25) is 0 Å². The highest BCUT2D eigenvalue weighted by Gasteiger charge is 2.06. The first-order valence-electron chi connectivity index (χ1n) is 5.58. The molecule has 0 saturated heterocycles. The van der Waals surface area contributed by atoms with Gasteiger partial charge in [0.25, 0.3) is 0 Å². The molecule has 0 bridgehead atoms. The van der Waals surface area contributed by atoms with Gasteiger partial charge >= 0.3 is 0 Å². The van der Waals surface area contributed by atoms with E-state index >= 15 is 0 Å². The lowest BCUT2D eigenvalue weighted by atomic mass is 10.3. The van der Waals surface area contributed by atoms with Crippen LogP contribution in [0.5, 0.6) is 5.88 Å². The van der Waals surface area contributed by atoms with Crippen LogP contribution in [0.25, 0.3) is 0 Å². The number of aliphatic hydroxyl groups excluding tert-OH is 1. The Hall–Kier alpha value is -1.02. The molecular weight excluding hydrogens is 270 g/mol. The summed E-state index contributed by atoms with van der Waals surface area (Å²) < 4.78 is 13.0. The molecule has 0 aromatic carbocycles. The Morgan fingerprint density at radius 2 is 2.39 bits per heavy atom. The Labute approximate surface area is 114 Å². The minimum absolute atomic E-state index is 0.224. The summed E-state index contributed by atoms with van der Waals surface area (Å²) in [4.78, 5) is 2.57. The number of thiophene rings is 1. The Kier molecular flexibility index (Phi) is 5.06. The molecule has 0 aliphatic heterocycles. The van der Waals surface area contributed by atoms with Crippen molar-refractivity contribution in [3.8, 4) is 5.88 Å². The monoisotopic (exact) mass is 285 g/mol. The number of nitrogens with zero attached hydrogens (tertiary/aromatic N) is 2. The minimum atomic E-state index is -0.548. The first-order valence-corrected chi connectivity index (χ1v) is 7.13. The van der Waals surface area contributed by atoms with Gasteiger partial charge in [-0.15, -0.1) is 15.7 Å². The predicted molar refractivity (Wildman–Crippen MR) is 72.2 cm³/mol. The highest BCUT2D eigenvalue weighted by Crippen LogP contribution is 2.14. The summed E-state index contributed by atoms with van der Waals surface area (Å²) in [5, 5.41) is 12.9. The van der Waals surface area contributed by atoms with Crippen LogP contribution < -0.4 is 10.1 Å². The molecule has 2 rings (SSSR count). The van der Waals surface area contributed by atoms with Crippen molar-refractivity contribution in [3.05, 3.63) is 28.1 Å². The van der Waals surface area contributed by atoms with Gasteiger partial charge in [-0.2, -0.15) is 4.37 Å². The van der Waals surface area contributed by atoms with Crippen LogP contribution >= 0.6 is 23.1 Å². The maximum atomic E-state index is 9.70. The number of hydrogen-bond donors (Lipinski definition) is 2. The van der Waals surface area contributed by atoms with Crippen LogP contribution in [-0.4, -0.2) is 33.1 Å². The van der Waals surface area contributed by atoms with Crippen LogP contribution in [0.1, 0.15) is 9.75 Å². The summed E-state index contributed by atoms with van der Waals surface area (Å²) in [6.45, 7) is 3.57. The fourth-order valence-corrected chi connectivity index (χ4v) is 2.63. The normalized spacial score (nSPS) is 12.6. The van der Waals surface area contributed by atoms with Gasteiger partial charge in [-0.25, -0.2) is 0 Å². The van der Waals surface area contributed by atoms with E-state index < -0.39 is 6.10 Å². The molecule has 2 heterocycles. The summed E-state index contributed by atoms with van der Waals surface area (Å²) in [7, 11) is 0. The average molecular weight is 285 g/mol. The number of aryl methyl sites for hydroxylation is 1. The molecule has 1 atom stereocenters. The van der Waals surface area contributed by atoms with Gasteiger partial charge in [-0.1, -0.05) is 0 Å². The van der Waals surface area contributed by atoms with Crippen molar-refractivity contribution in [3.63, 3.8) is 0 Å². The third-order valence-electron chi connectivity index (χ3n) is 2.24. The highest BCUT2D eigenvalue weighted by molar-refractivity contribution is 7.11. The molecule has 2 N–H and O–H groups in total. The molecule has 5 nitrogen and oxygen atoms in total. The Morgan fingerprint density at radius 1 is 1.50 bits per heavy atom. The molecule has 0 aliphatic rings. The fraction of sp³-hybridized carbons (Fsp3) is 0.455. The molecule has 0 aliphatic carbocycles. The van der Waals surface area contributed by atoms with E-state index in [1.807, 2.05) is 0 Å². The van der Waals surface area contributed by atoms with Gasteiger partial charge in [0.05, 0.1) is 11.7 Å². The number of nitrogens with one attached hydrogen (secondary N) is 1. The van der Waals surface area contributed by atoms with Gasteiger partial charge in [0.2, 0.25) is 5.88 Å². The van der Waals surface area contributed by atoms with Crippen LogP contribution in [0.4, 0.5) is 0 Å². The number of aliphatic hydroxyl groups is 1. The zero-order chi connectivity index (χ0) is 12.8. The molecule has 18 heavy (non-hydrogen) atoms. The first kappa shape index (κ1) is 13.4. The van der Waals surface area contributed by atoms with Crippen LogP contribution in [0, 0.1) is 6.92 Å². The Balaban J connectivity index is 1.61. The molecule has 0 spiro atoms. The van der Waals surface area contributed by atoms with Gasteiger partial charge in [0.1, 0.15) is 18.9 Å². The summed E-state index contributed by atoms with van der Waals surface area (Å²) in [5.74, 6) is 0.466. The Morgan fingerprint density at radius 3 is 3.06 bits per heavy atom. The fourth-order valence-electron chi connectivity index (χ4n) is 1.40. The zero-order valence-electron chi connectivity index (χ0n) is 10.00. The minimum Gasteiger partial charge on any atom is -0.473 e. The van der Waals surface area contributed by atoms with Gasteiger partial charge < -0.3 is 15.2 Å². The van der Waals surface area contributed by atoms with E-state index in [0.717, 1.165) is 18.3 Å². The summed E-state index contributed by atoms with van der Waals surface area (Å²) in [5.41, 5.74) is 0. The number of hydrogen-bond acceptors (Lipinski definition) is 7. The summed E-state index contributed by atoms with van der Waals surface area (Å²) >= 11 is 2.85. The third-order valence-corrected chi connectivity index (χ3v) is 3.70. The molecule has 0 saturated carbocycles. The molecule has 2 aromatic rings. The first-order chi connectivity index (χ1) is 8.74. The molecule has 2 aromatic heterocycles. The van der Waals surface area contributed by atoms with E-state index in [-0.39, 0.29) is 6.61 Å². The van der Waals surface area contributed by atoms with Crippen molar-refractivity contribution in [2.75, 3.05) is 13.2 Å². The predicted octanol–water partition coefficient (Wildman–Crippen LogP) is 1.44. The lowest BCUT2D eigenvalue weighted by Crippen LogP contribution is -2.31. The standard InChI is InChI=1S/C11H15N3O2S2/c1-8-2-3-10(17-8)5-12-4-9(15)7-16-11-6-13-18-14-11/h2-3,6,9,12,15H,4-5,7H2,1H3. The molecule has 7 heteroatoms. The molecule has 98 valence electrons. The van der Waals surface area contributed by atoms with Crippen molar-refractivity contribution in [2.45, 2.75) is 19.6 Å². The lowest BCUT2D eigenvalue weighted by Gasteiger charge is -2.11. The molecule has 0 amide bonds. The summed E-state index contributed by atoms with van der Waals surface area (Å²) in [6.07, 6.45) is 0.993. The van der Waals surface area contributed by atoms with E-state index in [4.69, 9.17) is 4.74 Å². The lowest BCUT2D eigenvalue weighted by molar-refractivity contribution is 0.104. The van der Waals surface area contributed by atoms with Gasteiger partial charge in [0.15, 0.2) is 0 Å². The second kappa shape index (κ2) is 6.79. The molecule has 1 unspecified atom stereocenters. The van der Waals surface area contributed by atoms with Crippen LogP contribution in [0.3, 0.4) is 0 Å². The number of ether oxygens (including phenoxy) is 1. The number of rotatable bonds is 7. The molecular formula is C11H15N3O2S2. The third kappa shape index (κ3) is 4.34. The van der Waals surface area contributed by atoms with Crippen molar-refractivity contribution in [2.24, 2.45) is 0 Å². The van der Waals surface area contributed by atoms with Crippen molar-refractivity contribution in [1.82, 2.24) is 14.1 Å². The van der Waals surface area contributed by atoms with Gasteiger partial charge in [-0.05, 0) is 19.1 Å². The van der Waals surface area contributed by atoms with E-state index in [2.05, 4.69) is 33.1 Å². The van der Waals surface area contributed by atoms with Crippen LogP contribution in [-0.2, 0) is 6.54 Å². The Bertz CT molecular complexity index is 459. The van der Waals surface area contributed by atoms with Gasteiger partial charge in [0, 0.05) is 22.8 Å².